The van der Waals surface area contributed by atoms with Gasteiger partial charge in [0, 0.05) is 7.05 Å². The predicted molar refractivity (Wildman–Crippen MR) is 108 cm³/mol. The van der Waals surface area contributed by atoms with Gasteiger partial charge in [-0.1, -0.05) is 18.2 Å². The van der Waals surface area contributed by atoms with E-state index in [4.69, 9.17) is 10.7 Å². The Kier molecular flexibility index (Phi) is 3.66. The molecule has 5 aromatic rings. The molecule has 0 aliphatic carbocycles. The molecule has 144 valence electrons. The number of nitrogen functional groups attached to an aromatic ring is 1. The predicted octanol–water partition coefficient (Wildman–Crippen LogP) is 1.20. The number of imidazole rings is 1. The molecule has 0 saturated heterocycles. The Hall–Kier alpha value is -4.08. The summed E-state index contributed by atoms with van der Waals surface area (Å²) in [6, 6.07) is 7.69. The zero-order valence-electron chi connectivity index (χ0n) is 15.8. The summed E-state index contributed by atoms with van der Waals surface area (Å²) in [6.45, 7) is 2.24. The Morgan fingerprint density at radius 1 is 1.14 bits per heavy atom. The molecule has 29 heavy (non-hydrogen) atoms. The first-order chi connectivity index (χ1) is 14.0. The lowest BCUT2D eigenvalue weighted by molar-refractivity contribution is 0.711. The second kappa shape index (κ2) is 6.23. The van der Waals surface area contributed by atoms with E-state index < -0.39 is 0 Å². The van der Waals surface area contributed by atoms with Crippen molar-refractivity contribution in [3.8, 4) is 5.69 Å². The van der Waals surface area contributed by atoms with Crippen molar-refractivity contribution < 1.29 is 0 Å². The Balaban J connectivity index is 1.78. The van der Waals surface area contributed by atoms with Crippen LogP contribution in [0.1, 0.15) is 11.4 Å². The number of benzene rings is 1. The first-order valence-corrected chi connectivity index (χ1v) is 8.95. The van der Waals surface area contributed by atoms with Crippen molar-refractivity contribution in [1.82, 2.24) is 38.9 Å². The number of fused-ring (bicyclic) bond motifs is 2. The number of hydrogen-bond acceptors (Lipinski definition) is 7. The van der Waals surface area contributed by atoms with E-state index in [0.717, 1.165) is 11.3 Å². The molecule has 0 atom stereocenters. The van der Waals surface area contributed by atoms with Gasteiger partial charge in [0.2, 0.25) is 0 Å². The third kappa shape index (κ3) is 2.57. The zero-order chi connectivity index (χ0) is 20.1. The molecule has 0 aliphatic heterocycles. The SMILES string of the molecule is Cc1ccccc1-n1c(Cn2cnc3c(N)ncnc32)nc2cnn(C)c2c1=O. The molecule has 0 bridgehead atoms. The topological polar surface area (TPSA) is 122 Å². The van der Waals surface area contributed by atoms with Crippen molar-refractivity contribution >= 4 is 28.0 Å². The number of rotatable bonds is 3. The Bertz CT molecular complexity index is 1440. The van der Waals surface area contributed by atoms with Gasteiger partial charge in [-0.2, -0.15) is 5.10 Å². The number of hydrogen-bond donors (Lipinski definition) is 1. The maximum Gasteiger partial charge on any atom is 0.284 e. The van der Waals surface area contributed by atoms with Crippen LogP contribution in [0.5, 0.6) is 0 Å². The van der Waals surface area contributed by atoms with E-state index in [1.807, 2.05) is 31.2 Å². The van der Waals surface area contributed by atoms with Gasteiger partial charge in [0.1, 0.15) is 23.2 Å². The molecule has 0 radical (unpaired) electrons. The molecule has 4 aromatic heterocycles. The van der Waals surface area contributed by atoms with Gasteiger partial charge in [0.15, 0.2) is 17.0 Å². The fourth-order valence-corrected chi connectivity index (χ4v) is 3.50. The highest BCUT2D eigenvalue weighted by Crippen LogP contribution is 2.19. The normalized spacial score (nSPS) is 11.5. The summed E-state index contributed by atoms with van der Waals surface area (Å²) < 4.78 is 4.96. The summed E-state index contributed by atoms with van der Waals surface area (Å²) in [5.41, 5.74) is 9.51. The van der Waals surface area contributed by atoms with E-state index >= 15 is 0 Å². The fraction of sp³-hybridized carbons (Fsp3) is 0.158. The van der Waals surface area contributed by atoms with Gasteiger partial charge < -0.3 is 10.3 Å². The van der Waals surface area contributed by atoms with E-state index in [-0.39, 0.29) is 12.1 Å². The van der Waals surface area contributed by atoms with E-state index in [0.29, 0.717) is 33.8 Å². The van der Waals surface area contributed by atoms with Crippen molar-refractivity contribution in [2.75, 3.05) is 5.73 Å². The molecule has 0 fully saturated rings. The van der Waals surface area contributed by atoms with Crippen molar-refractivity contribution in [3.63, 3.8) is 0 Å². The fourth-order valence-electron chi connectivity index (χ4n) is 3.50. The van der Waals surface area contributed by atoms with Crippen LogP contribution in [0, 0.1) is 6.92 Å². The van der Waals surface area contributed by atoms with Crippen LogP contribution in [0.2, 0.25) is 0 Å². The van der Waals surface area contributed by atoms with Crippen LogP contribution < -0.4 is 11.3 Å². The molecule has 5 rings (SSSR count). The van der Waals surface area contributed by atoms with Gasteiger partial charge in [-0.05, 0) is 18.6 Å². The summed E-state index contributed by atoms with van der Waals surface area (Å²) in [4.78, 5) is 30.7. The highest BCUT2D eigenvalue weighted by Gasteiger charge is 2.18. The molecule has 0 unspecified atom stereocenters. The molecule has 10 heteroatoms. The quantitative estimate of drug-likeness (QED) is 0.493. The number of nitrogens with two attached hydrogens (primary N) is 1. The Morgan fingerprint density at radius 2 is 1.97 bits per heavy atom. The number of aryl methyl sites for hydroxylation is 2. The first-order valence-electron chi connectivity index (χ1n) is 8.95. The van der Waals surface area contributed by atoms with Crippen LogP contribution in [-0.4, -0.2) is 38.9 Å². The minimum atomic E-state index is -0.183. The number of aromatic nitrogens is 8. The third-order valence-electron chi connectivity index (χ3n) is 4.93. The first kappa shape index (κ1) is 17.0. The minimum absolute atomic E-state index is 0.183. The van der Waals surface area contributed by atoms with Crippen LogP contribution in [0.15, 0.2) is 47.9 Å². The second-order valence-corrected chi connectivity index (χ2v) is 6.76. The zero-order valence-corrected chi connectivity index (χ0v) is 15.8. The van der Waals surface area contributed by atoms with Gasteiger partial charge in [-0.15, -0.1) is 0 Å². The molecular formula is C19H17N9O. The molecule has 1 aromatic carbocycles. The summed E-state index contributed by atoms with van der Waals surface area (Å²) in [7, 11) is 1.73. The third-order valence-corrected chi connectivity index (χ3v) is 4.93. The van der Waals surface area contributed by atoms with E-state index in [9.17, 15) is 4.79 Å². The summed E-state index contributed by atoms with van der Waals surface area (Å²) in [6.07, 6.45) is 4.61. The van der Waals surface area contributed by atoms with Crippen LogP contribution in [0.25, 0.3) is 27.9 Å². The lowest BCUT2D eigenvalue weighted by Crippen LogP contribution is -2.27. The van der Waals surface area contributed by atoms with E-state index in [1.165, 1.54) is 6.33 Å². The summed E-state index contributed by atoms with van der Waals surface area (Å²) in [5, 5.41) is 4.20. The molecule has 4 heterocycles. The molecule has 2 N–H and O–H groups in total. The molecule has 10 nitrogen and oxygen atoms in total. The average Bonchev–Trinajstić information content (AvgIpc) is 3.28. The highest BCUT2D eigenvalue weighted by molar-refractivity contribution is 5.81. The average molecular weight is 387 g/mol. The van der Waals surface area contributed by atoms with Crippen molar-refractivity contribution in [2.24, 2.45) is 7.05 Å². The number of para-hydroxylation sites is 1. The smallest absolute Gasteiger partial charge is 0.284 e. The van der Waals surface area contributed by atoms with Crippen molar-refractivity contribution in [3.05, 3.63) is 64.9 Å². The Labute approximate surface area is 164 Å². The highest BCUT2D eigenvalue weighted by atomic mass is 16.1. The maximum atomic E-state index is 13.4. The van der Waals surface area contributed by atoms with Crippen LogP contribution in [0.3, 0.4) is 0 Å². The summed E-state index contributed by atoms with van der Waals surface area (Å²) in [5.74, 6) is 0.849. The second-order valence-electron chi connectivity index (χ2n) is 6.76. The van der Waals surface area contributed by atoms with E-state index in [2.05, 4.69) is 20.1 Å². The van der Waals surface area contributed by atoms with Gasteiger partial charge >= 0.3 is 0 Å². The lowest BCUT2D eigenvalue weighted by atomic mass is 10.2. The minimum Gasteiger partial charge on any atom is -0.382 e. The molecule has 0 saturated carbocycles. The van der Waals surface area contributed by atoms with Crippen molar-refractivity contribution in [1.29, 1.82) is 0 Å². The molecular weight excluding hydrogens is 370 g/mol. The lowest BCUT2D eigenvalue weighted by Gasteiger charge is -2.15. The van der Waals surface area contributed by atoms with Gasteiger partial charge in [0.05, 0.1) is 24.8 Å². The van der Waals surface area contributed by atoms with Crippen LogP contribution >= 0.6 is 0 Å². The molecule has 0 aliphatic rings. The molecule has 0 amide bonds. The monoisotopic (exact) mass is 387 g/mol. The number of nitrogens with zero attached hydrogens (tertiary/aromatic N) is 8. The summed E-state index contributed by atoms with van der Waals surface area (Å²) >= 11 is 0. The van der Waals surface area contributed by atoms with Crippen molar-refractivity contribution in [2.45, 2.75) is 13.5 Å². The Morgan fingerprint density at radius 3 is 2.79 bits per heavy atom. The van der Waals surface area contributed by atoms with Crippen LogP contribution in [0.4, 0.5) is 5.82 Å². The van der Waals surface area contributed by atoms with E-state index in [1.54, 1.807) is 33.4 Å². The number of anilines is 1. The van der Waals surface area contributed by atoms with Gasteiger partial charge in [0.25, 0.3) is 5.56 Å². The van der Waals surface area contributed by atoms with Crippen LogP contribution in [-0.2, 0) is 13.6 Å². The largest absolute Gasteiger partial charge is 0.382 e. The van der Waals surface area contributed by atoms with Gasteiger partial charge in [-0.3, -0.25) is 14.0 Å². The standard InChI is InChI=1S/C19H17N9O/c1-11-5-3-4-6-13(11)28-14(25-12-7-24-26(2)16(12)19(28)29)8-27-10-23-15-17(20)21-9-22-18(15)27/h3-7,9-10H,8H2,1-2H3,(H2,20,21,22). The molecule has 0 spiro atoms. The maximum absolute atomic E-state index is 13.4. The van der Waals surface area contributed by atoms with Gasteiger partial charge in [-0.25, -0.2) is 19.9 Å².